The van der Waals surface area contributed by atoms with Gasteiger partial charge in [0.25, 0.3) is 0 Å². The number of rotatable bonds is 5. The molecule has 1 aromatic carbocycles. The Labute approximate surface area is 110 Å². The third kappa shape index (κ3) is 4.45. The minimum Gasteiger partial charge on any atom is -0.380 e. The molecule has 0 radical (unpaired) electrons. The van der Waals surface area contributed by atoms with E-state index in [0.29, 0.717) is 13.2 Å². The molecule has 0 saturated heterocycles. The lowest BCUT2D eigenvalue weighted by Gasteiger charge is -2.19. The van der Waals surface area contributed by atoms with E-state index in [1.54, 1.807) is 13.0 Å². The lowest BCUT2D eigenvalue weighted by molar-refractivity contribution is -0.137. The Morgan fingerprint density at radius 1 is 1.42 bits per heavy atom. The van der Waals surface area contributed by atoms with Crippen LogP contribution < -0.4 is 5.32 Å². The van der Waals surface area contributed by atoms with Crippen molar-refractivity contribution >= 4 is 5.69 Å². The second-order valence-electron chi connectivity index (χ2n) is 4.07. The fourth-order valence-electron chi connectivity index (χ4n) is 1.58. The second-order valence-corrected chi connectivity index (χ2v) is 4.07. The van der Waals surface area contributed by atoms with Crippen LogP contribution in [0.3, 0.4) is 0 Å². The van der Waals surface area contributed by atoms with Gasteiger partial charge in [-0.25, -0.2) is 0 Å². The van der Waals surface area contributed by atoms with Crippen LogP contribution in [0, 0.1) is 11.3 Å². The van der Waals surface area contributed by atoms with Crippen molar-refractivity contribution < 1.29 is 17.9 Å². The molecule has 0 aliphatic heterocycles. The van der Waals surface area contributed by atoms with Crippen LogP contribution in [0.5, 0.6) is 0 Å². The number of hydrogen-bond acceptors (Lipinski definition) is 3. The van der Waals surface area contributed by atoms with E-state index in [2.05, 4.69) is 5.32 Å². The number of alkyl halides is 3. The summed E-state index contributed by atoms with van der Waals surface area (Å²) in [6.07, 6.45) is -4.50. The average molecular weight is 272 g/mol. The Morgan fingerprint density at radius 3 is 2.63 bits per heavy atom. The Kier molecular flexibility index (Phi) is 5.19. The van der Waals surface area contributed by atoms with E-state index in [-0.39, 0.29) is 17.3 Å². The van der Waals surface area contributed by atoms with Gasteiger partial charge in [0.2, 0.25) is 0 Å². The van der Waals surface area contributed by atoms with Crippen molar-refractivity contribution in [2.24, 2.45) is 0 Å². The lowest BCUT2D eigenvalue weighted by Crippen LogP contribution is -2.23. The van der Waals surface area contributed by atoms with Crippen LogP contribution in [0.1, 0.15) is 25.0 Å². The van der Waals surface area contributed by atoms with Gasteiger partial charge >= 0.3 is 6.18 Å². The van der Waals surface area contributed by atoms with Crippen molar-refractivity contribution in [2.75, 3.05) is 18.5 Å². The van der Waals surface area contributed by atoms with Crippen LogP contribution >= 0.6 is 0 Å². The highest BCUT2D eigenvalue weighted by atomic mass is 19.4. The molecule has 1 aromatic rings. The zero-order chi connectivity index (χ0) is 14.5. The van der Waals surface area contributed by atoms with Gasteiger partial charge < -0.3 is 10.1 Å². The lowest BCUT2D eigenvalue weighted by atomic mass is 10.1. The molecular weight excluding hydrogens is 257 g/mol. The van der Waals surface area contributed by atoms with Gasteiger partial charge in [0.1, 0.15) is 0 Å². The zero-order valence-electron chi connectivity index (χ0n) is 10.7. The summed E-state index contributed by atoms with van der Waals surface area (Å²) >= 11 is 0. The van der Waals surface area contributed by atoms with Gasteiger partial charge in [-0.3, -0.25) is 0 Å². The maximum absolute atomic E-state index is 12.9. The molecule has 1 atom stereocenters. The summed E-state index contributed by atoms with van der Waals surface area (Å²) in [7, 11) is 0. The van der Waals surface area contributed by atoms with Crippen LogP contribution in [0.15, 0.2) is 18.2 Å². The molecular formula is C13H15F3N2O. The number of benzene rings is 1. The molecule has 1 rings (SSSR count). The highest BCUT2D eigenvalue weighted by Gasteiger charge is 2.34. The molecule has 0 fully saturated rings. The predicted octanol–water partition coefficient (Wildman–Crippen LogP) is 3.41. The van der Waals surface area contributed by atoms with E-state index in [4.69, 9.17) is 10.00 Å². The first kappa shape index (κ1) is 15.3. The van der Waals surface area contributed by atoms with Crippen molar-refractivity contribution in [3.8, 4) is 6.07 Å². The van der Waals surface area contributed by atoms with E-state index < -0.39 is 11.7 Å². The monoisotopic (exact) mass is 272 g/mol. The highest BCUT2D eigenvalue weighted by molar-refractivity contribution is 5.56. The van der Waals surface area contributed by atoms with Crippen molar-refractivity contribution in [1.29, 1.82) is 5.26 Å². The number of anilines is 1. The quantitative estimate of drug-likeness (QED) is 0.893. The van der Waals surface area contributed by atoms with Crippen molar-refractivity contribution in [3.63, 3.8) is 0 Å². The van der Waals surface area contributed by atoms with E-state index in [1.807, 2.05) is 6.92 Å². The van der Waals surface area contributed by atoms with Crippen molar-refractivity contribution in [2.45, 2.75) is 26.1 Å². The normalized spacial score (nSPS) is 12.8. The first-order valence-electron chi connectivity index (χ1n) is 5.84. The molecule has 0 bridgehead atoms. The fraction of sp³-hybridized carbons (Fsp3) is 0.462. The molecule has 0 aromatic heterocycles. The second kappa shape index (κ2) is 6.43. The van der Waals surface area contributed by atoms with Crippen LogP contribution in [-0.2, 0) is 10.9 Å². The topological polar surface area (TPSA) is 45.0 Å². The first-order valence-corrected chi connectivity index (χ1v) is 5.84. The first-order chi connectivity index (χ1) is 8.88. The summed E-state index contributed by atoms with van der Waals surface area (Å²) in [5.74, 6) is 0. The van der Waals surface area contributed by atoms with Crippen LogP contribution in [0.4, 0.5) is 18.9 Å². The smallest absolute Gasteiger partial charge is 0.380 e. The summed E-state index contributed by atoms with van der Waals surface area (Å²) in [6.45, 7) is 4.36. The minimum absolute atomic E-state index is 0.0182. The summed E-state index contributed by atoms with van der Waals surface area (Å²) in [6, 6.07) is 4.91. The Balaban J connectivity index is 2.97. The van der Waals surface area contributed by atoms with E-state index >= 15 is 0 Å². The molecule has 1 unspecified atom stereocenters. The molecule has 0 saturated carbocycles. The van der Waals surface area contributed by atoms with E-state index in [0.717, 1.165) is 6.07 Å². The number of nitriles is 1. The largest absolute Gasteiger partial charge is 0.418 e. The number of nitrogens with zero attached hydrogens (tertiary/aromatic N) is 1. The third-order valence-electron chi connectivity index (χ3n) is 2.43. The average Bonchev–Trinajstić information content (AvgIpc) is 2.35. The predicted molar refractivity (Wildman–Crippen MR) is 65.7 cm³/mol. The Morgan fingerprint density at radius 2 is 2.11 bits per heavy atom. The maximum Gasteiger partial charge on any atom is 0.418 e. The van der Waals surface area contributed by atoms with Crippen LogP contribution in [-0.4, -0.2) is 19.3 Å². The fourth-order valence-corrected chi connectivity index (χ4v) is 1.58. The highest BCUT2D eigenvalue weighted by Crippen LogP contribution is 2.35. The van der Waals surface area contributed by atoms with E-state index in [1.165, 1.54) is 12.1 Å². The molecule has 19 heavy (non-hydrogen) atoms. The molecule has 1 N–H and O–H groups in total. The van der Waals surface area contributed by atoms with E-state index in [9.17, 15) is 13.2 Å². The van der Waals surface area contributed by atoms with Crippen molar-refractivity contribution in [1.82, 2.24) is 0 Å². The van der Waals surface area contributed by atoms with Gasteiger partial charge in [0.15, 0.2) is 0 Å². The molecule has 6 heteroatoms. The van der Waals surface area contributed by atoms with Crippen LogP contribution in [0.2, 0.25) is 0 Å². The number of hydrogen-bond donors (Lipinski definition) is 1. The summed E-state index contributed by atoms with van der Waals surface area (Å²) < 4.78 is 43.8. The van der Waals surface area contributed by atoms with Gasteiger partial charge in [-0.05, 0) is 32.0 Å². The molecule has 0 spiro atoms. The third-order valence-corrected chi connectivity index (χ3v) is 2.43. The molecule has 0 aliphatic rings. The molecule has 0 heterocycles. The number of ether oxygens (including phenoxy) is 1. The number of halogens is 3. The molecule has 3 nitrogen and oxygen atoms in total. The van der Waals surface area contributed by atoms with Gasteiger partial charge in [-0.15, -0.1) is 0 Å². The minimum atomic E-state index is -4.50. The Hall–Kier alpha value is -1.74. The maximum atomic E-state index is 12.9. The van der Waals surface area contributed by atoms with Crippen LogP contribution in [0.25, 0.3) is 0 Å². The summed E-state index contributed by atoms with van der Waals surface area (Å²) in [5, 5.41) is 11.4. The van der Waals surface area contributed by atoms with Gasteiger partial charge in [0.05, 0.1) is 23.8 Å². The summed E-state index contributed by atoms with van der Waals surface area (Å²) in [4.78, 5) is 0. The van der Waals surface area contributed by atoms with Crippen molar-refractivity contribution in [3.05, 3.63) is 29.3 Å². The van der Waals surface area contributed by atoms with Gasteiger partial charge in [-0.2, -0.15) is 18.4 Å². The molecule has 0 amide bonds. The molecule has 104 valence electrons. The van der Waals surface area contributed by atoms with Gasteiger partial charge in [0, 0.05) is 18.3 Å². The Bertz CT molecular complexity index is 466. The molecule has 0 aliphatic carbocycles. The number of nitrogens with one attached hydrogen (secondary N) is 1. The SMILES string of the molecule is CCOCC(C)Nc1ccc(C#N)cc1C(F)(F)F. The standard InChI is InChI=1S/C13H15F3N2O/c1-3-19-8-9(2)18-12-5-4-10(7-17)6-11(12)13(14,15)16/h4-6,9,18H,3,8H2,1-2H3. The zero-order valence-corrected chi connectivity index (χ0v) is 10.7. The summed E-state index contributed by atoms with van der Waals surface area (Å²) in [5.41, 5.74) is -0.899. The van der Waals surface area contributed by atoms with Gasteiger partial charge in [-0.1, -0.05) is 0 Å².